The van der Waals surface area contributed by atoms with Crippen LogP contribution in [0.5, 0.6) is 5.75 Å². The summed E-state index contributed by atoms with van der Waals surface area (Å²) in [5.74, 6) is -3.92. The van der Waals surface area contributed by atoms with E-state index < -0.39 is 26.4 Å². The molecule has 0 aromatic heterocycles. The zero-order valence-corrected chi connectivity index (χ0v) is 13.5. The number of anilines is 1. The third-order valence-electron chi connectivity index (χ3n) is 3.11. The maximum absolute atomic E-state index is 12.8. The number of benzene rings is 2. The van der Waals surface area contributed by atoms with Gasteiger partial charge in [-0.3, -0.25) is 4.79 Å². The van der Waals surface area contributed by atoms with Gasteiger partial charge < -0.3 is 10.1 Å². The van der Waals surface area contributed by atoms with E-state index in [1.165, 1.54) is 24.3 Å². The lowest BCUT2D eigenvalue weighted by Gasteiger charge is -2.13. The van der Waals surface area contributed by atoms with E-state index in [0.717, 1.165) is 6.07 Å². The Balaban J connectivity index is 2.38. The normalized spacial score (nSPS) is 11.3. The van der Waals surface area contributed by atoms with Gasteiger partial charge in [0.25, 0.3) is 5.91 Å². The van der Waals surface area contributed by atoms with Crippen LogP contribution in [0.2, 0.25) is 0 Å². The maximum Gasteiger partial charge on any atom is 0.341 e. The molecule has 5 nitrogen and oxygen atoms in total. The Morgan fingerprint density at radius 2 is 1.75 bits per heavy atom. The van der Waals surface area contributed by atoms with Gasteiger partial charge in [-0.1, -0.05) is 24.3 Å². The lowest BCUT2D eigenvalue weighted by Crippen LogP contribution is -2.18. The summed E-state index contributed by atoms with van der Waals surface area (Å²) in [4.78, 5) is 11.7. The first-order valence-electron chi connectivity index (χ1n) is 7.02. The molecule has 1 amide bonds. The molecule has 0 atom stereocenters. The van der Waals surface area contributed by atoms with Crippen LogP contribution in [-0.4, -0.2) is 26.7 Å². The molecule has 2 aromatic carbocycles. The second-order valence-corrected chi connectivity index (χ2v) is 6.57. The van der Waals surface area contributed by atoms with Crippen molar-refractivity contribution in [3.05, 3.63) is 54.1 Å². The van der Waals surface area contributed by atoms with E-state index in [4.69, 9.17) is 4.74 Å². The number of amides is 1. The maximum atomic E-state index is 12.8. The average Bonchev–Trinajstić information content (AvgIpc) is 2.55. The summed E-state index contributed by atoms with van der Waals surface area (Å²) in [5.41, 5.74) is -0.0438. The highest BCUT2D eigenvalue weighted by Crippen LogP contribution is 2.27. The monoisotopic (exact) mass is 355 g/mol. The van der Waals surface area contributed by atoms with Crippen molar-refractivity contribution in [3.63, 3.8) is 0 Å². The molecule has 1 N–H and O–H groups in total. The lowest BCUT2D eigenvalue weighted by molar-refractivity contribution is 0.102. The number of carbonyl (C=O) groups excluding carboxylic acids is 1. The molecule has 0 aliphatic heterocycles. The molecule has 0 spiro atoms. The molecule has 0 fully saturated rings. The van der Waals surface area contributed by atoms with Crippen molar-refractivity contribution in [1.29, 1.82) is 0 Å². The van der Waals surface area contributed by atoms with Crippen molar-refractivity contribution in [1.82, 2.24) is 0 Å². The molecule has 0 radical (unpaired) electrons. The minimum Gasteiger partial charge on any atom is -0.493 e. The zero-order chi connectivity index (χ0) is 17.7. The van der Waals surface area contributed by atoms with Gasteiger partial charge >= 0.3 is 5.76 Å². The van der Waals surface area contributed by atoms with Gasteiger partial charge in [-0.25, -0.2) is 8.42 Å². The quantitative estimate of drug-likeness (QED) is 0.863. The Labute approximate surface area is 138 Å². The standard InChI is InChI=1S/C16H15F2NO4S/c1-2-23-13-9-5-3-7-11(13)15(20)19-12-8-4-6-10-14(12)24(21,22)16(17)18/h3-10,16H,2H2,1H3,(H,19,20). The van der Waals surface area contributed by atoms with Crippen LogP contribution in [0.4, 0.5) is 14.5 Å². The van der Waals surface area contributed by atoms with Crippen LogP contribution in [0.15, 0.2) is 53.4 Å². The molecular weight excluding hydrogens is 340 g/mol. The molecular formula is C16H15F2NO4S. The number of para-hydroxylation sites is 2. The van der Waals surface area contributed by atoms with Crippen LogP contribution in [0.25, 0.3) is 0 Å². The predicted molar refractivity (Wildman–Crippen MR) is 85.2 cm³/mol. The van der Waals surface area contributed by atoms with E-state index >= 15 is 0 Å². The number of hydrogen-bond donors (Lipinski definition) is 1. The second kappa shape index (κ2) is 7.39. The number of hydrogen-bond acceptors (Lipinski definition) is 4. The molecule has 0 unspecified atom stereocenters. The molecule has 0 saturated heterocycles. The van der Waals surface area contributed by atoms with Gasteiger partial charge in [-0.05, 0) is 31.2 Å². The van der Waals surface area contributed by atoms with Gasteiger partial charge in [0.2, 0.25) is 9.84 Å². The van der Waals surface area contributed by atoms with Crippen molar-refractivity contribution in [2.45, 2.75) is 17.6 Å². The minimum absolute atomic E-state index is 0.170. The van der Waals surface area contributed by atoms with Crippen molar-refractivity contribution in [3.8, 4) is 5.75 Å². The van der Waals surface area contributed by atoms with Gasteiger partial charge in [0.15, 0.2) is 0 Å². The number of carbonyl (C=O) groups is 1. The van der Waals surface area contributed by atoms with Crippen LogP contribution in [-0.2, 0) is 9.84 Å². The fourth-order valence-electron chi connectivity index (χ4n) is 2.04. The van der Waals surface area contributed by atoms with E-state index in [2.05, 4.69) is 5.32 Å². The highest BCUT2D eigenvalue weighted by atomic mass is 32.2. The largest absolute Gasteiger partial charge is 0.493 e. The summed E-state index contributed by atoms with van der Waals surface area (Å²) in [7, 11) is -4.84. The minimum atomic E-state index is -4.84. The van der Waals surface area contributed by atoms with Crippen molar-refractivity contribution >= 4 is 21.4 Å². The highest BCUT2D eigenvalue weighted by molar-refractivity contribution is 7.91. The van der Waals surface area contributed by atoms with Crippen molar-refractivity contribution in [2.24, 2.45) is 0 Å². The third-order valence-corrected chi connectivity index (χ3v) is 4.55. The molecule has 24 heavy (non-hydrogen) atoms. The highest BCUT2D eigenvalue weighted by Gasteiger charge is 2.29. The van der Waals surface area contributed by atoms with E-state index in [9.17, 15) is 22.0 Å². The zero-order valence-electron chi connectivity index (χ0n) is 12.7. The summed E-state index contributed by atoms with van der Waals surface area (Å²) in [6, 6.07) is 11.4. The number of nitrogens with one attached hydrogen (secondary N) is 1. The lowest BCUT2D eigenvalue weighted by atomic mass is 10.2. The molecule has 0 saturated carbocycles. The summed E-state index contributed by atoms with van der Waals surface area (Å²) >= 11 is 0. The van der Waals surface area contributed by atoms with Gasteiger partial charge in [0.05, 0.1) is 22.8 Å². The molecule has 128 valence electrons. The van der Waals surface area contributed by atoms with E-state index in [1.54, 1.807) is 25.1 Å². The molecule has 0 heterocycles. The first-order valence-corrected chi connectivity index (χ1v) is 8.56. The van der Waals surface area contributed by atoms with Gasteiger partial charge in [0.1, 0.15) is 5.75 Å². The molecule has 0 aliphatic rings. The Morgan fingerprint density at radius 3 is 2.42 bits per heavy atom. The topological polar surface area (TPSA) is 72.5 Å². The van der Waals surface area contributed by atoms with Crippen LogP contribution in [0.1, 0.15) is 17.3 Å². The Hall–Kier alpha value is -2.48. The molecule has 0 bridgehead atoms. The Bertz CT molecular complexity index is 837. The summed E-state index contributed by atoms with van der Waals surface area (Å²) in [5, 5.41) is 2.36. The number of rotatable bonds is 6. The Kier molecular flexibility index (Phi) is 5.50. The number of alkyl halides is 2. The van der Waals surface area contributed by atoms with Crippen LogP contribution < -0.4 is 10.1 Å². The molecule has 2 rings (SSSR count). The van der Waals surface area contributed by atoms with E-state index in [-0.39, 0.29) is 11.3 Å². The SMILES string of the molecule is CCOc1ccccc1C(=O)Nc1ccccc1S(=O)(=O)C(F)F. The van der Waals surface area contributed by atoms with Gasteiger partial charge in [0, 0.05) is 0 Å². The van der Waals surface area contributed by atoms with Gasteiger partial charge in [-0.15, -0.1) is 0 Å². The molecule has 8 heteroatoms. The number of ether oxygens (including phenoxy) is 1. The summed E-state index contributed by atoms with van der Waals surface area (Å²) < 4.78 is 54.3. The first kappa shape index (κ1) is 17.9. The van der Waals surface area contributed by atoms with Gasteiger partial charge in [-0.2, -0.15) is 8.78 Å². The Morgan fingerprint density at radius 1 is 1.12 bits per heavy atom. The second-order valence-electron chi connectivity index (χ2n) is 4.69. The fourth-order valence-corrected chi connectivity index (χ4v) is 2.93. The summed E-state index contributed by atoms with van der Waals surface area (Å²) in [6.07, 6.45) is 0. The number of sulfone groups is 1. The van der Waals surface area contributed by atoms with E-state index in [0.29, 0.717) is 12.4 Å². The van der Waals surface area contributed by atoms with Crippen LogP contribution in [0, 0.1) is 0 Å². The van der Waals surface area contributed by atoms with Crippen molar-refractivity contribution in [2.75, 3.05) is 11.9 Å². The third kappa shape index (κ3) is 3.70. The molecule has 2 aromatic rings. The van der Waals surface area contributed by atoms with E-state index in [1.807, 2.05) is 0 Å². The molecule has 0 aliphatic carbocycles. The van der Waals surface area contributed by atoms with Crippen LogP contribution >= 0.6 is 0 Å². The average molecular weight is 355 g/mol. The van der Waals surface area contributed by atoms with Crippen LogP contribution in [0.3, 0.4) is 0 Å². The predicted octanol–water partition coefficient (Wildman–Crippen LogP) is 3.33. The fraction of sp³-hybridized carbons (Fsp3) is 0.188. The first-order chi connectivity index (χ1) is 11.4. The van der Waals surface area contributed by atoms with Crippen molar-refractivity contribution < 1.29 is 26.7 Å². The number of halogens is 2. The summed E-state index contributed by atoms with van der Waals surface area (Å²) in [6.45, 7) is 2.08. The smallest absolute Gasteiger partial charge is 0.341 e.